The number of rotatable bonds is 9. The molecule has 0 aliphatic heterocycles. The minimum Gasteiger partial charge on any atom is -0.481 e. The summed E-state index contributed by atoms with van der Waals surface area (Å²) in [6.07, 6.45) is 13.8. The largest absolute Gasteiger partial charge is 0.481 e. The van der Waals surface area contributed by atoms with Crippen LogP contribution in [0.1, 0.15) is 126 Å². The van der Waals surface area contributed by atoms with Crippen LogP contribution in [0.3, 0.4) is 0 Å². The molecular formula is C39H64N2O6. The third-order valence-electron chi connectivity index (χ3n) is 12.5. The molecule has 0 saturated heterocycles. The van der Waals surface area contributed by atoms with Crippen molar-refractivity contribution in [2.24, 2.45) is 57.3 Å². The van der Waals surface area contributed by atoms with Crippen molar-refractivity contribution in [3.8, 4) is 0 Å². The quantitative estimate of drug-likeness (QED) is 0.146. The fourth-order valence-corrected chi connectivity index (χ4v) is 10.1. The Morgan fingerprint density at radius 1 is 1.00 bits per heavy atom. The number of ether oxygens (including phenoxy) is 1. The summed E-state index contributed by atoms with van der Waals surface area (Å²) in [6.45, 7) is 22.2. The highest BCUT2D eigenvalue weighted by Crippen LogP contribution is 2.71. The number of carbonyl (C=O) groups excluding carboxylic acids is 1. The summed E-state index contributed by atoms with van der Waals surface area (Å²) in [6, 6.07) is 0. The number of nitrogens with two attached hydrogens (primary N) is 2. The number of carboxylic acid groups (broad SMARTS) is 2. The molecule has 0 spiro atoms. The van der Waals surface area contributed by atoms with Crippen LogP contribution in [0.25, 0.3) is 0 Å². The molecule has 0 aromatic carbocycles. The van der Waals surface area contributed by atoms with Crippen LogP contribution in [0.2, 0.25) is 0 Å². The summed E-state index contributed by atoms with van der Waals surface area (Å²) in [5.74, 6) is 1.49. The van der Waals surface area contributed by atoms with E-state index in [9.17, 15) is 9.59 Å². The summed E-state index contributed by atoms with van der Waals surface area (Å²) in [7, 11) is 0. The first-order chi connectivity index (χ1) is 21.8. The van der Waals surface area contributed by atoms with E-state index in [1.165, 1.54) is 63.4 Å². The van der Waals surface area contributed by atoms with Crippen molar-refractivity contribution in [3.05, 3.63) is 34.4 Å². The topological polar surface area (TPSA) is 153 Å². The van der Waals surface area contributed by atoms with Gasteiger partial charge in [-0.25, -0.2) is 0 Å². The van der Waals surface area contributed by atoms with Crippen molar-refractivity contribution in [2.45, 2.75) is 132 Å². The van der Waals surface area contributed by atoms with E-state index in [4.69, 9.17) is 25.5 Å². The first kappa shape index (κ1) is 39.0. The van der Waals surface area contributed by atoms with Crippen LogP contribution in [-0.2, 0) is 19.1 Å². The van der Waals surface area contributed by atoms with E-state index >= 15 is 0 Å². The summed E-state index contributed by atoms with van der Waals surface area (Å²) in [5.41, 5.74) is 19.2. The monoisotopic (exact) mass is 656 g/mol. The predicted molar refractivity (Wildman–Crippen MR) is 187 cm³/mol. The van der Waals surface area contributed by atoms with Crippen LogP contribution in [0.4, 0.5) is 0 Å². The average Bonchev–Trinajstić information content (AvgIpc) is 3.79. The molecule has 5 unspecified atom stereocenters. The van der Waals surface area contributed by atoms with Crippen LogP contribution in [0, 0.1) is 45.8 Å². The Kier molecular flexibility index (Phi) is 12.8. The summed E-state index contributed by atoms with van der Waals surface area (Å²) in [4.78, 5) is 30.4. The molecule has 0 heterocycles. The lowest BCUT2D eigenvalue weighted by molar-refractivity contribution is -0.168. The van der Waals surface area contributed by atoms with Gasteiger partial charge in [-0.2, -0.15) is 0 Å². The van der Waals surface area contributed by atoms with E-state index in [2.05, 4.69) is 60.8 Å². The Morgan fingerprint density at radius 3 is 2.11 bits per heavy atom. The van der Waals surface area contributed by atoms with Crippen LogP contribution in [-0.4, -0.2) is 47.3 Å². The van der Waals surface area contributed by atoms with Crippen LogP contribution < -0.4 is 11.5 Å². The Hall–Kier alpha value is -2.45. The molecule has 8 nitrogen and oxygen atoms in total. The van der Waals surface area contributed by atoms with E-state index in [1.54, 1.807) is 16.7 Å². The molecule has 2 fully saturated rings. The van der Waals surface area contributed by atoms with Gasteiger partial charge in [0.15, 0.2) is 0 Å². The molecule has 0 radical (unpaired) electrons. The molecule has 5 aliphatic rings. The van der Waals surface area contributed by atoms with Gasteiger partial charge in [-0.15, -0.1) is 0 Å². The molecule has 5 rings (SSSR count). The van der Waals surface area contributed by atoms with Gasteiger partial charge in [0.2, 0.25) is 0 Å². The molecule has 6 atom stereocenters. The lowest BCUT2D eigenvalue weighted by Crippen LogP contribution is -2.55. The van der Waals surface area contributed by atoms with Gasteiger partial charge in [-0.05, 0) is 129 Å². The normalized spacial score (nSPS) is 32.1. The number of allylic oxidation sites excluding steroid dienone is 5. The van der Waals surface area contributed by atoms with Crippen molar-refractivity contribution in [2.75, 3.05) is 13.1 Å². The Morgan fingerprint density at radius 2 is 1.60 bits per heavy atom. The molecule has 6 N–H and O–H groups in total. The van der Waals surface area contributed by atoms with Crippen LogP contribution >= 0.6 is 0 Å². The fraction of sp³-hybridized carbons (Fsp3) is 0.769. The van der Waals surface area contributed by atoms with Crippen molar-refractivity contribution >= 4 is 17.9 Å². The van der Waals surface area contributed by atoms with E-state index in [1.807, 2.05) is 5.57 Å². The number of carboxylic acids is 2. The van der Waals surface area contributed by atoms with Gasteiger partial charge in [-0.1, -0.05) is 64.8 Å². The van der Waals surface area contributed by atoms with Gasteiger partial charge in [0.1, 0.15) is 6.10 Å². The summed E-state index contributed by atoms with van der Waals surface area (Å²) >= 11 is 0. The molecule has 0 bridgehead atoms. The molecule has 5 aliphatic carbocycles. The minimum absolute atomic E-state index is 0.0215. The lowest BCUT2D eigenvalue weighted by atomic mass is 9.44. The molecule has 2 saturated carbocycles. The number of fused-ring (bicyclic) bond motifs is 4. The third kappa shape index (κ3) is 8.41. The lowest BCUT2D eigenvalue weighted by Gasteiger charge is -2.61. The van der Waals surface area contributed by atoms with Gasteiger partial charge < -0.3 is 26.4 Å². The highest BCUT2D eigenvalue weighted by molar-refractivity contribution is 5.71. The number of esters is 1. The van der Waals surface area contributed by atoms with E-state index in [0.717, 1.165) is 37.5 Å². The molecule has 8 heteroatoms. The second kappa shape index (κ2) is 15.4. The summed E-state index contributed by atoms with van der Waals surface area (Å²) in [5, 5.41) is 15.0. The maximum absolute atomic E-state index is 12.2. The Balaban J connectivity index is 0.000000592. The van der Waals surface area contributed by atoms with Gasteiger partial charge in [0.25, 0.3) is 5.97 Å². The first-order valence-electron chi connectivity index (χ1n) is 18.0. The first-order valence-corrected chi connectivity index (χ1v) is 18.0. The fourth-order valence-electron chi connectivity index (χ4n) is 10.1. The molecule has 266 valence electrons. The van der Waals surface area contributed by atoms with Crippen LogP contribution in [0.5, 0.6) is 0 Å². The highest BCUT2D eigenvalue weighted by atomic mass is 16.5. The van der Waals surface area contributed by atoms with Crippen molar-refractivity contribution < 1.29 is 29.3 Å². The second-order valence-corrected chi connectivity index (χ2v) is 16.4. The van der Waals surface area contributed by atoms with Crippen molar-refractivity contribution in [1.29, 1.82) is 0 Å². The molecule has 0 amide bonds. The average molecular weight is 657 g/mol. The predicted octanol–water partition coefficient (Wildman–Crippen LogP) is 7.67. The maximum atomic E-state index is 12.2. The molecule has 0 aromatic heterocycles. The van der Waals surface area contributed by atoms with Gasteiger partial charge >= 0.3 is 11.9 Å². The van der Waals surface area contributed by atoms with E-state index < -0.39 is 11.9 Å². The zero-order valence-corrected chi connectivity index (χ0v) is 30.5. The van der Waals surface area contributed by atoms with Crippen molar-refractivity contribution in [3.63, 3.8) is 0 Å². The molecule has 0 aromatic rings. The van der Waals surface area contributed by atoms with Gasteiger partial charge in [0, 0.05) is 12.3 Å². The summed E-state index contributed by atoms with van der Waals surface area (Å²) < 4.78 is 5.96. The van der Waals surface area contributed by atoms with Gasteiger partial charge in [0.05, 0.1) is 13.1 Å². The van der Waals surface area contributed by atoms with Gasteiger partial charge in [-0.3, -0.25) is 14.4 Å². The zero-order valence-electron chi connectivity index (χ0n) is 30.5. The number of hydrogen-bond acceptors (Lipinski definition) is 6. The highest BCUT2D eigenvalue weighted by Gasteiger charge is 2.61. The molecular weight excluding hydrogens is 592 g/mol. The third-order valence-corrected chi connectivity index (χ3v) is 12.5. The number of carbonyl (C=O) groups is 3. The minimum atomic E-state index is -0.968. The Labute approximate surface area is 283 Å². The second-order valence-electron chi connectivity index (χ2n) is 16.4. The van der Waals surface area contributed by atoms with E-state index in [-0.39, 0.29) is 36.0 Å². The number of hydrogen-bond donors (Lipinski definition) is 4. The molecule has 47 heavy (non-hydrogen) atoms. The van der Waals surface area contributed by atoms with Crippen LogP contribution in [0.15, 0.2) is 34.4 Å². The number of aliphatic carboxylic acids is 2. The Bertz CT molecular complexity index is 1260. The standard InChI is InChI=1S/C35H55NO2.C2H5NO2.C2H4O2/c1-21(2)22(3)10-9-11-25-18-23(4)31-26-14-15-28-33(5,6)29(38-30(37)20-36)16-17-34(28,7)32(26)27(24-12-13-24)19-35(25,31)8;3-1-2(4)5;1-2(3)4/h21,24-25,27-29H,3,9-20,36H2,1-2,4-8H3;1,3H2,(H,4,5);1H3,(H,3,4)/t25-,27?,28?,29?,34?,35?;;/m0../s1. The maximum Gasteiger partial charge on any atom is 0.319 e. The smallest absolute Gasteiger partial charge is 0.319 e. The van der Waals surface area contributed by atoms with Crippen molar-refractivity contribution in [1.82, 2.24) is 0 Å². The SMILES string of the molecule is C=C(CCC[C@H]1CC(C)=C2C3=C(C(C4CC4)CC21C)C1(C)CCC(OC(=O)CN)C(C)(C)C1CC3)C(C)C.CC(=O)O.NCC(=O)O. The van der Waals surface area contributed by atoms with E-state index in [0.29, 0.717) is 17.3 Å². The zero-order chi connectivity index (χ0) is 35.5.